The fraction of sp³-hybridized carbons (Fsp3) is 0.280. The van der Waals surface area contributed by atoms with E-state index in [0.717, 1.165) is 13.2 Å². The van der Waals surface area contributed by atoms with E-state index in [1.54, 1.807) is 24.3 Å². The first-order valence-corrected chi connectivity index (χ1v) is 10.6. The second-order valence-corrected chi connectivity index (χ2v) is 7.98. The molecule has 0 saturated heterocycles. The number of anilines is 1. The Labute approximate surface area is 194 Å². The summed E-state index contributed by atoms with van der Waals surface area (Å²) in [4.78, 5) is 27.4. The number of ketones is 1. The van der Waals surface area contributed by atoms with E-state index in [4.69, 9.17) is 15.2 Å². The average Bonchev–Trinajstić information content (AvgIpc) is 2.82. The number of hydrogen-bond acceptors (Lipinski definition) is 6. The summed E-state index contributed by atoms with van der Waals surface area (Å²) in [6.07, 6.45) is -3.67. The van der Waals surface area contributed by atoms with Crippen molar-refractivity contribution in [3.63, 3.8) is 0 Å². The second kappa shape index (κ2) is 8.89. The molecule has 2 N–H and O–H groups in total. The van der Waals surface area contributed by atoms with E-state index in [9.17, 15) is 22.8 Å². The Bertz CT molecular complexity index is 1200. The van der Waals surface area contributed by atoms with Crippen molar-refractivity contribution in [1.82, 2.24) is 0 Å². The predicted molar refractivity (Wildman–Crippen MR) is 119 cm³/mol. The summed E-state index contributed by atoms with van der Waals surface area (Å²) in [5.41, 5.74) is 6.39. The van der Waals surface area contributed by atoms with Crippen molar-refractivity contribution in [2.45, 2.75) is 31.4 Å². The fourth-order valence-electron chi connectivity index (χ4n) is 4.61. The number of methoxy groups -OCH3 is 2. The highest BCUT2D eigenvalue weighted by molar-refractivity contribution is 6.05. The van der Waals surface area contributed by atoms with Gasteiger partial charge in [0.05, 0.1) is 37.0 Å². The molecule has 0 saturated carbocycles. The van der Waals surface area contributed by atoms with Crippen molar-refractivity contribution in [1.29, 1.82) is 0 Å². The van der Waals surface area contributed by atoms with Crippen molar-refractivity contribution < 1.29 is 32.2 Å². The van der Waals surface area contributed by atoms with Gasteiger partial charge >= 0.3 is 12.1 Å². The van der Waals surface area contributed by atoms with Crippen LogP contribution in [-0.4, -0.2) is 26.0 Å². The van der Waals surface area contributed by atoms with Gasteiger partial charge in [-0.25, -0.2) is 4.79 Å². The Hall–Kier alpha value is -3.75. The number of carbonyl (C=O) groups excluding carboxylic acids is 2. The van der Waals surface area contributed by atoms with Crippen LogP contribution in [-0.2, 0) is 20.5 Å². The lowest BCUT2D eigenvalue weighted by atomic mass is 9.75. The van der Waals surface area contributed by atoms with Crippen LogP contribution < -0.4 is 15.4 Å². The van der Waals surface area contributed by atoms with Crippen LogP contribution in [0.1, 0.15) is 36.3 Å². The number of Topliss-reactive ketones (excluding diaryl/α,β-unsaturated/α-hetero) is 1. The van der Waals surface area contributed by atoms with Crippen molar-refractivity contribution in [2.75, 3.05) is 19.1 Å². The largest absolute Gasteiger partial charge is 0.497 e. The Morgan fingerprint density at radius 1 is 1.06 bits per heavy atom. The van der Waals surface area contributed by atoms with Crippen LogP contribution in [0.2, 0.25) is 0 Å². The van der Waals surface area contributed by atoms with Crippen LogP contribution in [0, 0.1) is 0 Å². The van der Waals surface area contributed by atoms with E-state index in [1.807, 2.05) is 0 Å². The van der Waals surface area contributed by atoms with Gasteiger partial charge in [-0.15, -0.1) is 0 Å². The number of halogens is 3. The lowest BCUT2D eigenvalue weighted by Crippen LogP contribution is -2.41. The normalized spacial score (nSPS) is 18.7. The molecule has 1 heterocycles. The maximum Gasteiger partial charge on any atom is 0.418 e. The third-order valence-electron chi connectivity index (χ3n) is 6.10. The van der Waals surface area contributed by atoms with Gasteiger partial charge in [0.25, 0.3) is 0 Å². The van der Waals surface area contributed by atoms with Gasteiger partial charge in [-0.3, -0.25) is 9.69 Å². The summed E-state index contributed by atoms with van der Waals surface area (Å²) in [7, 11) is 2.67. The number of allylic oxidation sites excluding steroid dienone is 2. The number of rotatable bonds is 4. The molecule has 0 aromatic heterocycles. The van der Waals surface area contributed by atoms with Gasteiger partial charge < -0.3 is 15.2 Å². The van der Waals surface area contributed by atoms with Gasteiger partial charge in [0.2, 0.25) is 0 Å². The molecule has 0 unspecified atom stereocenters. The third-order valence-corrected chi connectivity index (χ3v) is 6.10. The first-order valence-electron chi connectivity index (χ1n) is 10.6. The molecule has 0 bridgehead atoms. The average molecular weight is 472 g/mol. The van der Waals surface area contributed by atoms with Crippen molar-refractivity contribution in [3.8, 4) is 5.75 Å². The maximum atomic E-state index is 13.9. The molecule has 2 aromatic carbocycles. The van der Waals surface area contributed by atoms with Gasteiger partial charge in [-0.05, 0) is 42.7 Å². The molecule has 1 aliphatic heterocycles. The van der Waals surface area contributed by atoms with Crippen LogP contribution in [0.5, 0.6) is 5.75 Å². The summed E-state index contributed by atoms with van der Waals surface area (Å²) in [5, 5.41) is 0. The number of carbonyl (C=O) groups is 2. The van der Waals surface area contributed by atoms with E-state index in [1.165, 1.54) is 30.2 Å². The minimum absolute atomic E-state index is 0.0846. The number of nitrogens with two attached hydrogens (primary N) is 1. The SMILES string of the molecule is COC(=O)C1=C(N)N(c2ccccc2C(F)(F)F)C2=C(C(=O)CCC2)[C@H]1c1ccc(OC)cc1. The Morgan fingerprint density at radius 2 is 1.74 bits per heavy atom. The van der Waals surface area contributed by atoms with E-state index in [0.29, 0.717) is 29.9 Å². The summed E-state index contributed by atoms with van der Waals surface area (Å²) in [6.45, 7) is 0. The van der Waals surface area contributed by atoms with Crippen LogP contribution in [0.25, 0.3) is 0 Å². The highest BCUT2D eigenvalue weighted by Gasteiger charge is 2.45. The molecule has 1 aliphatic carbocycles. The molecule has 0 amide bonds. The van der Waals surface area contributed by atoms with Gasteiger partial charge in [-0.1, -0.05) is 24.3 Å². The molecule has 4 rings (SSSR count). The highest BCUT2D eigenvalue weighted by Crippen LogP contribution is 2.49. The molecular weight excluding hydrogens is 449 g/mol. The molecule has 9 heteroatoms. The van der Waals surface area contributed by atoms with Crippen LogP contribution in [0.4, 0.5) is 18.9 Å². The monoisotopic (exact) mass is 472 g/mol. The Kier molecular flexibility index (Phi) is 6.12. The molecular formula is C25H23F3N2O4. The topological polar surface area (TPSA) is 81.9 Å². The fourth-order valence-corrected chi connectivity index (χ4v) is 4.61. The van der Waals surface area contributed by atoms with Crippen LogP contribution >= 0.6 is 0 Å². The number of nitrogens with zero attached hydrogens (tertiary/aromatic N) is 1. The number of alkyl halides is 3. The molecule has 0 fully saturated rings. The molecule has 178 valence electrons. The summed E-state index contributed by atoms with van der Waals surface area (Å²) in [5.74, 6) is -1.57. The van der Waals surface area contributed by atoms with Gasteiger partial charge in [0, 0.05) is 17.7 Å². The van der Waals surface area contributed by atoms with Crippen molar-refractivity contribution >= 4 is 17.4 Å². The lowest BCUT2D eigenvalue weighted by molar-refractivity contribution is -0.137. The summed E-state index contributed by atoms with van der Waals surface area (Å²) in [6, 6.07) is 11.7. The van der Waals surface area contributed by atoms with Crippen LogP contribution in [0.15, 0.2) is 71.2 Å². The van der Waals surface area contributed by atoms with Gasteiger partial charge in [0.1, 0.15) is 11.6 Å². The number of benzene rings is 2. The molecule has 6 nitrogen and oxygen atoms in total. The van der Waals surface area contributed by atoms with Gasteiger partial charge in [-0.2, -0.15) is 13.2 Å². The van der Waals surface area contributed by atoms with Crippen molar-refractivity contribution in [2.24, 2.45) is 5.73 Å². The van der Waals surface area contributed by atoms with E-state index < -0.39 is 23.6 Å². The highest BCUT2D eigenvalue weighted by atomic mass is 19.4. The molecule has 2 aliphatic rings. The lowest BCUT2D eigenvalue weighted by Gasteiger charge is -2.41. The molecule has 0 spiro atoms. The Morgan fingerprint density at radius 3 is 2.35 bits per heavy atom. The zero-order valence-corrected chi connectivity index (χ0v) is 18.6. The number of para-hydroxylation sites is 1. The quantitative estimate of drug-likeness (QED) is 0.652. The van der Waals surface area contributed by atoms with Gasteiger partial charge in [0.15, 0.2) is 5.78 Å². The van der Waals surface area contributed by atoms with Crippen LogP contribution in [0.3, 0.4) is 0 Å². The molecule has 2 aromatic rings. The minimum atomic E-state index is -4.67. The van der Waals surface area contributed by atoms with Crippen molar-refractivity contribution in [3.05, 3.63) is 82.3 Å². The molecule has 34 heavy (non-hydrogen) atoms. The summed E-state index contributed by atoms with van der Waals surface area (Å²) < 4.78 is 51.9. The second-order valence-electron chi connectivity index (χ2n) is 7.98. The summed E-state index contributed by atoms with van der Waals surface area (Å²) >= 11 is 0. The predicted octanol–water partition coefficient (Wildman–Crippen LogP) is 4.67. The maximum absolute atomic E-state index is 13.9. The first-order chi connectivity index (χ1) is 16.2. The number of ether oxygens (including phenoxy) is 2. The minimum Gasteiger partial charge on any atom is -0.497 e. The molecule has 1 atom stereocenters. The first kappa shape index (κ1) is 23.4. The third kappa shape index (κ3) is 3.91. The number of hydrogen-bond donors (Lipinski definition) is 1. The standard InChI is InChI=1S/C25H23F3N2O4/c1-33-15-12-10-14(11-13-15)20-21-18(8-5-9-19(21)31)30(23(29)22(20)24(32)34-2)17-7-4-3-6-16(17)25(26,27)28/h3-4,6-7,10-13,20H,5,8-9,29H2,1-2H3/t20-/m1/s1. The van der Waals surface area contributed by atoms with E-state index in [-0.39, 0.29) is 34.9 Å². The zero-order valence-electron chi connectivity index (χ0n) is 18.6. The smallest absolute Gasteiger partial charge is 0.418 e. The zero-order chi connectivity index (χ0) is 24.6. The Balaban J connectivity index is 2.02. The van der Waals surface area contributed by atoms with E-state index in [2.05, 4.69) is 0 Å². The number of esters is 1. The molecule has 0 radical (unpaired) electrons. The van der Waals surface area contributed by atoms with E-state index >= 15 is 0 Å².